The van der Waals surface area contributed by atoms with Crippen LogP contribution in [0.3, 0.4) is 0 Å². The van der Waals surface area contributed by atoms with Crippen molar-refractivity contribution in [2.45, 2.75) is 34.0 Å². The van der Waals surface area contributed by atoms with E-state index in [9.17, 15) is 4.79 Å². The third-order valence-corrected chi connectivity index (χ3v) is 5.59. The Kier molecular flexibility index (Phi) is 5.95. The molecule has 0 bridgehead atoms. The van der Waals surface area contributed by atoms with E-state index >= 15 is 0 Å². The second kappa shape index (κ2) is 8.81. The lowest BCUT2D eigenvalue weighted by atomic mass is 10.2. The van der Waals surface area contributed by atoms with Crippen LogP contribution in [-0.4, -0.2) is 34.8 Å². The maximum atomic E-state index is 13.1. The largest absolute Gasteiger partial charge is 0.496 e. The SMILES string of the molecule is CCOc1ccc(N2CN(Cc3ccccc3OC)Cn3c2nc(C)c(C)c3=O)cc1. The van der Waals surface area contributed by atoms with Crippen LogP contribution in [0.4, 0.5) is 11.6 Å². The number of nitrogens with zero attached hydrogens (tertiary/aromatic N) is 4. The molecule has 2 aromatic carbocycles. The predicted octanol–water partition coefficient (Wildman–Crippen LogP) is 3.84. The number of hydrogen-bond acceptors (Lipinski definition) is 6. The van der Waals surface area contributed by atoms with E-state index in [1.165, 1.54) is 0 Å². The zero-order valence-electron chi connectivity index (χ0n) is 18.5. The van der Waals surface area contributed by atoms with E-state index in [4.69, 9.17) is 14.5 Å². The van der Waals surface area contributed by atoms with Crippen LogP contribution in [0.15, 0.2) is 53.3 Å². The van der Waals surface area contributed by atoms with Gasteiger partial charge >= 0.3 is 0 Å². The Morgan fingerprint density at radius 3 is 2.48 bits per heavy atom. The number of methoxy groups -OCH3 is 1. The van der Waals surface area contributed by atoms with Crippen molar-refractivity contribution >= 4 is 11.6 Å². The molecule has 31 heavy (non-hydrogen) atoms. The van der Waals surface area contributed by atoms with Gasteiger partial charge in [0.2, 0.25) is 5.95 Å². The fraction of sp³-hybridized carbons (Fsp3) is 0.333. The molecule has 162 valence electrons. The molecule has 1 aliphatic rings. The van der Waals surface area contributed by atoms with E-state index in [2.05, 4.69) is 15.9 Å². The van der Waals surface area contributed by atoms with Crippen LogP contribution in [0.5, 0.6) is 11.5 Å². The fourth-order valence-corrected chi connectivity index (χ4v) is 3.84. The lowest BCUT2D eigenvalue weighted by Gasteiger charge is -2.38. The first-order valence-electron chi connectivity index (χ1n) is 10.4. The minimum atomic E-state index is -0.0110. The van der Waals surface area contributed by atoms with Gasteiger partial charge in [-0.3, -0.25) is 19.2 Å². The first-order valence-corrected chi connectivity index (χ1v) is 10.4. The van der Waals surface area contributed by atoms with E-state index in [0.717, 1.165) is 28.4 Å². The molecule has 0 fully saturated rings. The van der Waals surface area contributed by atoms with Gasteiger partial charge in [0.25, 0.3) is 5.56 Å². The summed E-state index contributed by atoms with van der Waals surface area (Å²) in [6, 6.07) is 15.9. The van der Waals surface area contributed by atoms with E-state index in [-0.39, 0.29) is 5.56 Å². The standard InChI is InChI=1S/C24H28N4O3/c1-5-31-21-12-10-20(11-13-21)27-15-26(14-19-8-6-7-9-22(19)30-4)16-28-23(29)17(2)18(3)25-24(27)28/h6-13H,5,14-16H2,1-4H3. The summed E-state index contributed by atoms with van der Waals surface area (Å²) in [7, 11) is 1.68. The highest BCUT2D eigenvalue weighted by Crippen LogP contribution is 2.30. The van der Waals surface area contributed by atoms with Gasteiger partial charge < -0.3 is 9.47 Å². The second-order valence-corrected chi connectivity index (χ2v) is 7.63. The highest BCUT2D eigenvalue weighted by molar-refractivity contribution is 5.59. The molecule has 0 aliphatic carbocycles. The van der Waals surface area contributed by atoms with Gasteiger partial charge in [0.15, 0.2) is 0 Å². The van der Waals surface area contributed by atoms with Crippen molar-refractivity contribution in [2.24, 2.45) is 0 Å². The fourth-order valence-electron chi connectivity index (χ4n) is 3.84. The first kappa shape index (κ1) is 20.9. The first-order chi connectivity index (χ1) is 15.0. The Labute approximate surface area is 182 Å². The Hall–Kier alpha value is -3.32. The molecule has 0 N–H and O–H groups in total. The predicted molar refractivity (Wildman–Crippen MR) is 121 cm³/mol. The van der Waals surface area contributed by atoms with Crippen LogP contribution in [0.25, 0.3) is 0 Å². The summed E-state index contributed by atoms with van der Waals surface area (Å²) < 4.78 is 12.9. The maximum absolute atomic E-state index is 13.1. The molecule has 3 aromatic rings. The van der Waals surface area contributed by atoms with E-state index in [1.807, 2.05) is 63.2 Å². The molecule has 1 aromatic heterocycles. The van der Waals surface area contributed by atoms with Crippen molar-refractivity contribution in [1.82, 2.24) is 14.5 Å². The zero-order chi connectivity index (χ0) is 22.0. The molecule has 7 nitrogen and oxygen atoms in total. The monoisotopic (exact) mass is 420 g/mol. The van der Waals surface area contributed by atoms with Gasteiger partial charge in [0, 0.05) is 29.1 Å². The van der Waals surface area contributed by atoms with Crippen molar-refractivity contribution in [3.63, 3.8) is 0 Å². The molecule has 0 saturated heterocycles. The van der Waals surface area contributed by atoms with Gasteiger partial charge in [-0.2, -0.15) is 0 Å². The van der Waals surface area contributed by atoms with Crippen molar-refractivity contribution < 1.29 is 9.47 Å². The van der Waals surface area contributed by atoms with Crippen molar-refractivity contribution in [2.75, 3.05) is 25.3 Å². The number of benzene rings is 2. The molecule has 7 heteroatoms. The Morgan fingerprint density at radius 2 is 1.77 bits per heavy atom. The zero-order valence-corrected chi connectivity index (χ0v) is 18.5. The lowest BCUT2D eigenvalue weighted by Crippen LogP contribution is -2.47. The van der Waals surface area contributed by atoms with Gasteiger partial charge in [-0.25, -0.2) is 4.98 Å². The third-order valence-electron chi connectivity index (χ3n) is 5.59. The third kappa shape index (κ3) is 4.14. The van der Waals surface area contributed by atoms with E-state index < -0.39 is 0 Å². The molecule has 2 heterocycles. The summed E-state index contributed by atoms with van der Waals surface area (Å²) in [5.74, 6) is 2.32. The second-order valence-electron chi connectivity index (χ2n) is 7.63. The van der Waals surface area contributed by atoms with Gasteiger partial charge in [-0.1, -0.05) is 18.2 Å². The number of rotatable bonds is 6. The van der Waals surface area contributed by atoms with Crippen LogP contribution in [-0.2, 0) is 13.2 Å². The molecule has 1 aliphatic heterocycles. The van der Waals surface area contributed by atoms with Crippen molar-refractivity contribution in [3.05, 3.63) is 75.7 Å². The van der Waals surface area contributed by atoms with Crippen LogP contribution < -0.4 is 19.9 Å². The number of para-hydroxylation sites is 1. The van der Waals surface area contributed by atoms with Crippen molar-refractivity contribution in [3.8, 4) is 11.5 Å². The highest BCUT2D eigenvalue weighted by atomic mass is 16.5. The summed E-state index contributed by atoms with van der Waals surface area (Å²) in [4.78, 5) is 22.1. The van der Waals surface area contributed by atoms with Gasteiger partial charge in [0.1, 0.15) is 11.5 Å². The number of anilines is 2. The van der Waals surface area contributed by atoms with E-state index in [1.54, 1.807) is 11.7 Å². The van der Waals surface area contributed by atoms with Crippen LogP contribution in [0, 0.1) is 13.8 Å². The molecule has 0 atom stereocenters. The number of fused-ring (bicyclic) bond motifs is 1. The number of ether oxygens (including phenoxy) is 2. The summed E-state index contributed by atoms with van der Waals surface area (Å²) in [6.07, 6.45) is 0. The molecular formula is C24H28N4O3. The molecule has 0 saturated carbocycles. The smallest absolute Gasteiger partial charge is 0.259 e. The Bertz CT molecular complexity index is 1120. The molecule has 0 spiro atoms. The summed E-state index contributed by atoms with van der Waals surface area (Å²) in [5, 5.41) is 0. The topological polar surface area (TPSA) is 59.8 Å². The molecular weight excluding hydrogens is 392 g/mol. The summed E-state index contributed by atoms with van der Waals surface area (Å²) >= 11 is 0. The molecule has 4 rings (SSSR count). The van der Waals surface area contributed by atoms with Crippen LogP contribution in [0.1, 0.15) is 23.7 Å². The van der Waals surface area contributed by atoms with Crippen LogP contribution in [0.2, 0.25) is 0 Å². The minimum Gasteiger partial charge on any atom is -0.496 e. The van der Waals surface area contributed by atoms with Crippen LogP contribution >= 0.6 is 0 Å². The lowest BCUT2D eigenvalue weighted by molar-refractivity contribution is 0.187. The van der Waals surface area contributed by atoms with Gasteiger partial charge in [0.05, 0.1) is 27.1 Å². The Morgan fingerprint density at radius 1 is 1.03 bits per heavy atom. The maximum Gasteiger partial charge on any atom is 0.259 e. The highest BCUT2D eigenvalue weighted by Gasteiger charge is 2.27. The number of aryl methyl sites for hydroxylation is 1. The number of aromatic nitrogens is 2. The number of hydrogen-bond donors (Lipinski definition) is 0. The van der Waals surface area contributed by atoms with Gasteiger partial charge in [-0.05, 0) is 51.1 Å². The minimum absolute atomic E-state index is 0.0110. The average Bonchev–Trinajstić information content (AvgIpc) is 2.79. The molecule has 0 amide bonds. The molecule has 0 radical (unpaired) electrons. The van der Waals surface area contributed by atoms with Crippen molar-refractivity contribution in [1.29, 1.82) is 0 Å². The normalized spacial score (nSPS) is 13.7. The quantitative estimate of drug-likeness (QED) is 0.604. The Balaban J connectivity index is 1.74. The average molecular weight is 421 g/mol. The van der Waals surface area contributed by atoms with Gasteiger partial charge in [-0.15, -0.1) is 0 Å². The summed E-state index contributed by atoms with van der Waals surface area (Å²) in [5.41, 5.74) is 3.45. The van der Waals surface area contributed by atoms with E-state index in [0.29, 0.717) is 38.0 Å². The molecule has 0 unspecified atom stereocenters. The summed E-state index contributed by atoms with van der Waals surface area (Å²) in [6.45, 7) is 8.01.